The molecule has 0 aliphatic carbocycles. The van der Waals surface area contributed by atoms with E-state index >= 15 is 0 Å². The molecule has 6 heteroatoms. The number of nitrogens with zero attached hydrogens (tertiary/aromatic N) is 2. The normalized spacial score (nSPS) is 12.3. The van der Waals surface area contributed by atoms with E-state index in [4.69, 9.17) is 11.6 Å². The number of fused-ring (bicyclic) bond motifs is 1. The van der Waals surface area contributed by atoms with E-state index in [-0.39, 0.29) is 17.6 Å². The van der Waals surface area contributed by atoms with E-state index in [9.17, 15) is 4.79 Å². The SMILES string of the molecule is CCC(C)NCC(=O)Nc1nc2ccccc2nc1Cl. The first-order valence-electron chi connectivity index (χ1n) is 6.55. The maximum absolute atomic E-state index is 11.8. The summed E-state index contributed by atoms with van der Waals surface area (Å²) in [5, 5.41) is 5.98. The molecule has 1 unspecified atom stereocenters. The van der Waals surface area contributed by atoms with Crippen LogP contribution in [-0.4, -0.2) is 28.5 Å². The van der Waals surface area contributed by atoms with Gasteiger partial charge in [0, 0.05) is 6.04 Å². The lowest BCUT2D eigenvalue weighted by Crippen LogP contribution is -2.34. The van der Waals surface area contributed by atoms with E-state index in [1.165, 1.54) is 0 Å². The monoisotopic (exact) mass is 292 g/mol. The lowest BCUT2D eigenvalue weighted by atomic mass is 10.2. The summed E-state index contributed by atoms with van der Waals surface area (Å²) in [7, 11) is 0. The number of hydrogen-bond acceptors (Lipinski definition) is 4. The van der Waals surface area contributed by atoms with Crippen molar-refractivity contribution in [3.05, 3.63) is 29.4 Å². The van der Waals surface area contributed by atoms with Crippen LogP contribution in [0, 0.1) is 0 Å². The molecule has 1 atom stereocenters. The molecule has 1 aromatic heterocycles. The van der Waals surface area contributed by atoms with E-state index < -0.39 is 0 Å². The Labute approximate surface area is 122 Å². The number of nitrogens with one attached hydrogen (secondary N) is 2. The second-order valence-electron chi connectivity index (χ2n) is 4.59. The molecular weight excluding hydrogens is 276 g/mol. The topological polar surface area (TPSA) is 66.9 Å². The molecule has 0 bridgehead atoms. The summed E-state index contributed by atoms with van der Waals surface area (Å²) in [5.41, 5.74) is 1.40. The van der Waals surface area contributed by atoms with Gasteiger partial charge in [0.05, 0.1) is 17.6 Å². The molecule has 0 spiro atoms. The molecule has 2 N–H and O–H groups in total. The van der Waals surface area contributed by atoms with E-state index in [2.05, 4.69) is 27.5 Å². The Morgan fingerprint density at radius 1 is 1.30 bits per heavy atom. The summed E-state index contributed by atoms with van der Waals surface area (Å²) in [5.74, 6) is 0.109. The number of aromatic nitrogens is 2. The Hall–Kier alpha value is -1.72. The van der Waals surface area contributed by atoms with Crippen molar-refractivity contribution in [3.8, 4) is 0 Å². The molecule has 1 heterocycles. The summed E-state index contributed by atoms with van der Waals surface area (Å²) in [4.78, 5) is 20.3. The predicted molar refractivity (Wildman–Crippen MR) is 80.9 cm³/mol. The number of para-hydroxylation sites is 2. The van der Waals surface area contributed by atoms with Gasteiger partial charge in [-0.2, -0.15) is 0 Å². The molecule has 0 radical (unpaired) electrons. The van der Waals surface area contributed by atoms with Crippen LogP contribution in [0.5, 0.6) is 0 Å². The minimum absolute atomic E-state index is 0.184. The Balaban J connectivity index is 2.09. The third kappa shape index (κ3) is 3.65. The van der Waals surface area contributed by atoms with Crippen LogP contribution in [0.2, 0.25) is 5.15 Å². The van der Waals surface area contributed by atoms with Crippen molar-refractivity contribution in [2.45, 2.75) is 26.3 Å². The van der Waals surface area contributed by atoms with Crippen molar-refractivity contribution in [2.24, 2.45) is 0 Å². The average molecular weight is 293 g/mol. The van der Waals surface area contributed by atoms with Crippen LogP contribution in [0.15, 0.2) is 24.3 Å². The lowest BCUT2D eigenvalue weighted by molar-refractivity contribution is -0.115. The van der Waals surface area contributed by atoms with Gasteiger partial charge in [0.25, 0.3) is 0 Å². The number of halogens is 1. The minimum Gasteiger partial charge on any atom is -0.307 e. The van der Waals surface area contributed by atoms with Crippen molar-refractivity contribution < 1.29 is 4.79 Å². The van der Waals surface area contributed by atoms with Crippen LogP contribution in [0.4, 0.5) is 5.82 Å². The molecule has 1 amide bonds. The van der Waals surface area contributed by atoms with Crippen LogP contribution in [0.25, 0.3) is 11.0 Å². The number of anilines is 1. The smallest absolute Gasteiger partial charge is 0.239 e. The Morgan fingerprint density at radius 2 is 1.95 bits per heavy atom. The average Bonchev–Trinajstić information content (AvgIpc) is 2.45. The Morgan fingerprint density at radius 3 is 2.60 bits per heavy atom. The third-order valence-electron chi connectivity index (χ3n) is 3.01. The lowest BCUT2D eigenvalue weighted by Gasteiger charge is -2.11. The molecule has 20 heavy (non-hydrogen) atoms. The molecule has 2 rings (SSSR count). The van der Waals surface area contributed by atoms with Crippen LogP contribution < -0.4 is 10.6 Å². The Bertz CT molecular complexity index is 617. The molecule has 2 aromatic rings. The number of carbonyl (C=O) groups excluding carboxylic acids is 1. The molecule has 0 aliphatic heterocycles. The molecule has 5 nitrogen and oxygen atoms in total. The van der Waals surface area contributed by atoms with Gasteiger partial charge >= 0.3 is 0 Å². The number of hydrogen-bond donors (Lipinski definition) is 2. The summed E-state index contributed by atoms with van der Waals surface area (Å²) < 4.78 is 0. The summed E-state index contributed by atoms with van der Waals surface area (Å²) in [6.07, 6.45) is 0.962. The summed E-state index contributed by atoms with van der Waals surface area (Å²) >= 11 is 6.03. The van der Waals surface area contributed by atoms with Gasteiger partial charge in [0.1, 0.15) is 0 Å². The van der Waals surface area contributed by atoms with Crippen LogP contribution >= 0.6 is 11.6 Å². The van der Waals surface area contributed by atoms with Crippen molar-refractivity contribution in [3.63, 3.8) is 0 Å². The van der Waals surface area contributed by atoms with E-state index in [1.54, 1.807) is 0 Å². The number of carbonyl (C=O) groups is 1. The second kappa shape index (κ2) is 6.63. The molecular formula is C14H17ClN4O. The van der Waals surface area contributed by atoms with Crippen LogP contribution in [0.1, 0.15) is 20.3 Å². The van der Waals surface area contributed by atoms with E-state index in [0.29, 0.717) is 22.9 Å². The first kappa shape index (κ1) is 14.7. The highest BCUT2D eigenvalue weighted by Crippen LogP contribution is 2.20. The van der Waals surface area contributed by atoms with Crippen LogP contribution in [-0.2, 0) is 4.79 Å². The highest BCUT2D eigenvalue weighted by molar-refractivity contribution is 6.32. The van der Waals surface area contributed by atoms with Crippen LogP contribution in [0.3, 0.4) is 0 Å². The zero-order valence-electron chi connectivity index (χ0n) is 11.5. The van der Waals surface area contributed by atoms with Gasteiger partial charge in [0.2, 0.25) is 5.91 Å². The minimum atomic E-state index is -0.184. The number of rotatable bonds is 5. The standard InChI is InChI=1S/C14H17ClN4O/c1-3-9(2)16-8-12(20)19-14-13(15)17-10-6-4-5-7-11(10)18-14/h4-7,9,16H,3,8H2,1-2H3,(H,18,19,20). The molecule has 0 saturated heterocycles. The quantitative estimate of drug-likeness (QED) is 0.889. The third-order valence-corrected chi connectivity index (χ3v) is 3.27. The molecule has 0 fully saturated rings. The first-order chi connectivity index (χ1) is 9.60. The fraction of sp³-hybridized carbons (Fsp3) is 0.357. The van der Waals surface area contributed by atoms with Gasteiger partial charge in [-0.1, -0.05) is 30.7 Å². The fourth-order valence-electron chi connectivity index (χ4n) is 1.65. The molecule has 0 saturated carbocycles. The predicted octanol–water partition coefficient (Wildman–Crippen LogP) is 2.61. The van der Waals surface area contributed by atoms with Crippen molar-refractivity contribution in [1.82, 2.24) is 15.3 Å². The molecule has 106 valence electrons. The fourth-order valence-corrected chi connectivity index (χ4v) is 1.83. The maximum Gasteiger partial charge on any atom is 0.239 e. The number of amides is 1. The summed E-state index contributed by atoms with van der Waals surface area (Å²) in [6.45, 7) is 4.30. The summed E-state index contributed by atoms with van der Waals surface area (Å²) in [6, 6.07) is 7.66. The highest BCUT2D eigenvalue weighted by atomic mass is 35.5. The van der Waals surface area contributed by atoms with Gasteiger partial charge in [-0.3, -0.25) is 4.79 Å². The van der Waals surface area contributed by atoms with Crippen molar-refractivity contribution >= 4 is 34.4 Å². The molecule has 0 aliphatic rings. The Kier molecular flexibility index (Phi) is 4.87. The van der Waals surface area contributed by atoms with Crippen molar-refractivity contribution in [1.29, 1.82) is 0 Å². The molecule has 1 aromatic carbocycles. The highest BCUT2D eigenvalue weighted by Gasteiger charge is 2.10. The first-order valence-corrected chi connectivity index (χ1v) is 6.93. The van der Waals surface area contributed by atoms with Gasteiger partial charge in [-0.05, 0) is 25.5 Å². The van der Waals surface area contributed by atoms with Crippen molar-refractivity contribution in [2.75, 3.05) is 11.9 Å². The van der Waals surface area contributed by atoms with Gasteiger partial charge in [-0.15, -0.1) is 0 Å². The van der Waals surface area contributed by atoms with Gasteiger partial charge in [0.15, 0.2) is 11.0 Å². The number of benzene rings is 1. The van der Waals surface area contributed by atoms with Gasteiger partial charge in [-0.25, -0.2) is 9.97 Å². The maximum atomic E-state index is 11.8. The largest absolute Gasteiger partial charge is 0.307 e. The zero-order chi connectivity index (χ0) is 14.5. The van der Waals surface area contributed by atoms with E-state index in [0.717, 1.165) is 6.42 Å². The zero-order valence-corrected chi connectivity index (χ0v) is 12.2. The van der Waals surface area contributed by atoms with E-state index in [1.807, 2.05) is 31.2 Å². The van der Waals surface area contributed by atoms with Gasteiger partial charge < -0.3 is 10.6 Å². The second-order valence-corrected chi connectivity index (χ2v) is 4.95.